The Balaban J connectivity index is 4.46. The molecule has 47 heavy (non-hydrogen) atoms. The quantitative estimate of drug-likeness (QED) is 0.0303. The van der Waals surface area contributed by atoms with Crippen LogP contribution in [0, 0.1) is 0 Å². The summed E-state index contributed by atoms with van der Waals surface area (Å²) < 4.78 is 17.0. The van der Waals surface area contributed by atoms with E-state index in [1.54, 1.807) is 21.1 Å². The minimum absolute atomic E-state index is 0.0328. The highest BCUT2D eigenvalue weighted by atomic mass is 16.6. The molecule has 0 radical (unpaired) electrons. The van der Waals surface area contributed by atoms with E-state index in [1.807, 2.05) is 0 Å². The number of ether oxygens (including phenoxy) is 3. The van der Waals surface area contributed by atoms with E-state index in [9.17, 15) is 19.5 Å². The molecule has 0 fully saturated rings. The van der Waals surface area contributed by atoms with E-state index in [-0.39, 0.29) is 49.1 Å². The maximum Gasteiger partial charge on any atom is 0.306 e. The molecule has 0 N–H and O–H groups in total. The summed E-state index contributed by atoms with van der Waals surface area (Å²) in [6.45, 7) is 4.56. The van der Waals surface area contributed by atoms with Crippen LogP contribution < -0.4 is 5.11 Å². The van der Waals surface area contributed by atoms with Crippen molar-refractivity contribution in [3.05, 3.63) is 24.3 Å². The van der Waals surface area contributed by atoms with Crippen molar-refractivity contribution in [2.75, 3.05) is 41.0 Å². The third-order valence-electron chi connectivity index (χ3n) is 8.37. The molecule has 0 spiro atoms. The summed E-state index contributed by atoms with van der Waals surface area (Å²) in [5.41, 5.74) is 0. The molecule has 2 unspecified atom stereocenters. The fourth-order valence-corrected chi connectivity index (χ4v) is 5.34. The Morgan fingerprint density at radius 2 is 1.13 bits per heavy atom. The molecule has 8 heteroatoms. The molecule has 0 saturated carbocycles. The first-order valence-electron chi connectivity index (χ1n) is 18.9. The van der Waals surface area contributed by atoms with E-state index >= 15 is 0 Å². The van der Waals surface area contributed by atoms with Gasteiger partial charge < -0.3 is 28.6 Å². The van der Waals surface area contributed by atoms with E-state index in [0.29, 0.717) is 6.42 Å². The minimum atomic E-state index is -1.13. The number of hydrogen-bond acceptors (Lipinski definition) is 7. The molecule has 0 heterocycles. The molecule has 2 atom stereocenters. The molecule has 274 valence electrons. The smallest absolute Gasteiger partial charge is 0.306 e. The van der Waals surface area contributed by atoms with Crippen LogP contribution in [0.3, 0.4) is 0 Å². The second-order valence-corrected chi connectivity index (χ2v) is 13.8. The Morgan fingerprint density at radius 1 is 0.638 bits per heavy atom. The van der Waals surface area contributed by atoms with Crippen LogP contribution in [-0.4, -0.2) is 75.5 Å². The van der Waals surface area contributed by atoms with Crippen molar-refractivity contribution < 1.29 is 38.2 Å². The second-order valence-electron chi connectivity index (χ2n) is 13.8. The topological polar surface area (TPSA) is 102 Å². The van der Waals surface area contributed by atoms with E-state index in [0.717, 1.165) is 51.4 Å². The number of esters is 2. The first kappa shape index (κ1) is 44.8. The largest absolute Gasteiger partial charge is 0.544 e. The van der Waals surface area contributed by atoms with Gasteiger partial charge in [-0.2, -0.15) is 0 Å². The highest BCUT2D eigenvalue weighted by molar-refractivity contribution is 5.70. The molecular formula is C39H71NO7. The number of hydrogen-bond donors (Lipinski definition) is 0. The SMILES string of the molecule is CCCC/C=C/C=C/CCCCCC(=O)OC(COCCC(C(=O)[O-])[N+](C)(C)C)COC(=O)CCCCCCCCCCCCCC. The number of allylic oxidation sites excluding steroid dienone is 4. The predicted octanol–water partition coefficient (Wildman–Crippen LogP) is 8.02. The van der Waals surface area contributed by atoms with Gasteiger partial charge >= 0.3 is 11.9 Å². The van der Waals surface area contributed by atoms with Gasteiger partial charge in [-0.3, -0.25) is 9.59 Å². The third-order valence-corrected chi connectivity index (χ3v) is 8.37. The summed E-state index contributed by atoms with van der Waals surface area (Å²) in [6, 6.07) is -0.726. The molecule has 0 aliphatic carbocycles. The first-order valence-corrected chi connectivity index (χ1v) is 18.9. The summed E-state index contributed by atoms with van der Waals surface area (Å²) >= 11 is 0. The number of carboxylic acid groups (broad SMARTS) is 1. The van der Waals surface area contributed by atoms with Gasteiger partial charge in [-0.1, -0.05) is 128 Å². The van der Waals surface area contributed by atoms with Gasteiger partial charge in [0.1, 0.15) is 12.6 Å². The van der Waals surface area contributed by atoms with Gasteiger partial charge in [-0.15, -0.1) is 0 Å². The number of carbonyl (C=O) groups excluding carboxylic acids is 3. The van der Waals surface area contributed by atoms with Crippen molar-refractivity contribution in [3.63, 3.8) is 0 Å². The number of aliphatic carboxylic acids is 1. The van der Waals surface area contributed by atoms with Crippen LogP contribution in [0.2, 0.25) is 0 Å². The van der Waals surface area contributed by atoms with Crippen LogP contribution in [0.25, 0.3) is 0 Å². The zero-order chi connectivity index (χ0) is 35.0. The maximum atomic E-state index is 12.6. The Morgan fingerprint density at radius 3 is 1.66 bits per heavy atom. The molecular weight excluding hydrogens is 594 g/mol. The Kier molecular flexibility index (Phi) is 29.7. The molecule has 0 rings (SSSR count). The molecule has 0 aromatic heterocycles. The van der Waals surface area contributed by atoms with Crippen molar-refractivity contribution in [1.29, 1.82) is 0 Å². The Hall–Kier alpha value is -2.19. The molecule has 0 aromatic rings. The number of quaternary nitrogens is 1. The van der Waals surface area contributed by atoms with Crippen LogP contribution >= 0.6 is 0 Å². The molecule has 0 bridgehead atoms. The normalized spacial score (nSPS) is 13.3. The predicted molar refractivity (Wildman–Crippen MR) is 190 cm³/mol. The van der Waals surface area contributed by atoms with Crippen molar-refractivity contribution in [2.24, 2.45) is 0 Å². The highest BCUT2D eigenvalue weighted by Crippen LogP contribution is 2.14. The summed E-state index contributed by atoms with van der Waals surface area (Å²) in [6.07, 6.45) is 30.6. The Bertz CT molecular complexity index is 834. The Labute approximate surface area is 288 Å². The number of carbonyl (C=O) groups is 3. The van der Waals surface area contributed by atoms with Crippen LogP contribution in [0.15, 0.2) is 24.3 Å². The van der Waals surface area contributed by atoms with E-state index in [4.69, 9.17) is 14.2 Å². The van der Waals surface area contributed by atoms with Crippen molar-refractivity contribution in [3.8, 4) is 0 Å². The van der Waals surface area contributed by atoms with Crippen molar-refractivity contribution in [1.82, 2.24) is 0 Å². The molecule has 0 aliphatic heterocycles. The van der Waals surface area contributed by atoms with Crippen LogP contribution in [0.4, 0.5) is 0 Å². The minimum Gasteiger partial charge on any atom is -0.544 e. The summed E-state index contributed by atoms with van der Waals surface area (Å²) in [5.74, 6) is -1.77. The lowest BCUT2D eigenvalue weighted by Crippen LogP contribution is -2.55. The average Bonchev–Trinajstić information content (AvgIpc) is 3.01. The van der Waals surface area contributed by atoms with E-state index < -0.39 is 18.1 Å². The lowest BCUT2D eigenvalue weighted by molar-refractivity contribution is -0.889. The van der Waals surface area contributed by atoms with Gasteiger partial charge in [0.15, 0.2) is 6.10 Å². The van der Waals surface area contributed by atoms with Crippen molar-refractivity contribution in [2.45, 2.75) is 167 Å². The van der Waals surface area contributed by atoms with E-state index in [1.165, 1.54) is 70.6 Å². The first-order chi connectivity index (χ1) is 22.6. The fraction of sp³-hybridized carbons (Fsp3) is 0.821. The zero-order valence-corrected chi connectivity index (χ0v) is 30.9. The fourth-order valence-electron chi connectivity index (χ4n) is 5.34. The van der Waals surface area contributed by atoms with Gasteiger partial charge in [0, 0.05) is 19.3 Å². The summed E-state index contributed by atoms with van der Waals surface area (Å²) in [5, 5.41) is 11.6. The van der Waals surface area contributed by atoms with Gasteiger partial charge in [0.2, 0.25) is 0 Å². The molecule has 0 amide bonds. The standard InChI is InChI=1S/C39H71NO7/c1-6-8-10-12-14-16-18-20-21-23-25-27-29-37(41)46-34-35(33-45-32-31-36(39(43)44)40(3,4)5)47-38(42)30-28-26-24-22-19-17-15-13-11-9-7-2/h13,15,17,19,35-36H,6-12,14,16,18,20-34H2,1-5H3/b15-13+,19-17+. The van der Waals surface area contributed by atoms with Gasteiger partial charge in [0.25, 0.3) is 0 Å². The van der Waals surface area contributed by atoms with Crippen LogP contribution in [0.1, 0.15) is 155 Å². The lowest BCUT2D eigenvalue weighted by atomic mass is 10.0. The summed E-state index contributed by atoms with van der Waals surface area (Å²) in [7, 11) is 5.38. The molecule has 8 nitrogen and oxygen atoms in total. The lowest BCUT2D eigenvalue weighted by Gasteiger charge is -2.34. The number of nitrogens with zero attached hydrogens (tertiary/aromatic N) is 1. The molecule has 0 aromatic carbocycles. The van der Waals surface area contributed by atoms with Gasteiger partial charge in [-0.25, -0.2) is 0 Å². The zero-order valence-electron chi connectivity index (χ0n) is 30.9. The van der Waals surface area contributed by atoms with Crippen LogP contribution in [0.5, 0.6) is 0 Å². The molecule has 0 aliphatic rings. The third kappa shape index (κ3) is 29.7. The van der Waals surface area contributed by atoms with E-state index in [2.05, 4.69) is 38.2 Å². The highest BCUT2D eigenvalue weighted by Gasteiger charge is 2.25. The van der Waals surface area contributed by atoms with Gasteiger partial charge in [-0.05, 0) is 32.1 Å². The second kappa shape index (κ2) is 31.1. The monoisotopic (exact) mass is 666 g/mol. The molecule has 0 saturated heterocycles. The number of unbranched alkanes of at least 4 members (excludes halogenated alkanes) is 16. The summed E-state index contributed by atoms with van der Waals surface area (Å²) in [4.78, 5) is 36.6. The number of likely N-dealkylation sites (N-methyl/N-ethyl adjacent to an activating group) is 1. The van der Waals surface area contributed by atoms with Gasteiger partial charge in [0.05, 0.1) is 40.3 Å². The number of rotatable bonds is 33. The van der Waals surface area contributed by atoms with Crippen molar-refractivity contribution >= 4 is 17.9 Å². The maximum absolute atomic E-state index is 12.6. The van der Waals surface area contributed by atoms with Crippen LogP contribution in [-0.2, 0) is 28.6 Å². The number of carboxylic acids is 1. The average molecular weight is 666 g/mol.